The minimum Gasteiger partial charge on any atom is -0.481 e. The summed E-state index contributed by atoms with van der Waals surface area (Å²) >= 11 is 0. The van der Waals surface area contributed by atoms with Gasteiger partial charge < -0.3 is 14.9 Å². The molecule has 1 heterocycles. The fourth-order valence-electron chi connectivity index (χ4n) is 1.93. The fraction of sp³-hybridized carbons (Fsp3) is 0.818. The number of amides is 1. The van der Waals surface area contributed by atoms with Crippen molar-refractivity contribution in [2.24, 2.45) is 0 Å². The molecule has 0 aromatic carbocycles. The Bertz CT molecular complexity index is 294. The highest BCUT2D eigenvalue weighted by Gasteiger charge is 2.34. The third-order valence-electron chi connectivity index (χ3n) is 3.03. The van der Waals surface area contributed by atoms with Crippen LogP contribution in [0.4, 0.5) is 0 Å². The summed E-state index contributed by atoms with van der Waals surface area (Å²) in [5.41, 5.74) is 0. The largest absolute Gasteiger partial charge is 0.481 e. The van der Waals surface area contributed by atoms with Gasteiger partial charge in [0, 0.05) is 33.2 Å². The number of hydrogen-bond acceptors (Lipinski definition) is 4. The van der Waals surface area contributed by atoms with E-state index in [-0.39, 0.29) is 12.3 Å². The first-order chi connectivity index (χ1) is 7.91. The maximum absolute atomic E-state index is 11.9. The van der Waals surface area contributed by atoms with Crippen molar-refractivity contribution in [1.29, 1.82) is 0 Å². The number of carbonyl (C=O) groups excluding carboxylic acids is 1. The number of hydrogen-bond donors (Lipinski definition) is 1. The Labute approximate surface area is 102 Å². The Morgan fingerprint density at radius 1 is 1.47 bits per heavy atom. The Morgan fingerprint density at radius 2 is 2.12 bits per heavy atom. The molecule has 0 aromatic rings. The van der Waals surface area contributed by atoms with E-state index >= 15 is 0 Å². The van der Waals surface area contributed by atoms with E-state index in [1.807, 2.05) is 23.9 Å². The molecular weight excluding hydrogens is 222 g/mol. The third-order valence-corrected chi connectivity index (χ3v) is 3.03. The molecule has 1 N–H and O–H groups in total. The van der Waals surface area contributed by atoms with E-state index < -0.39 is 12.0 Å². The molecule has 1 saturated heterocycles. The maximum Gasteiger partial charge on any atom is 0.305 e. The third kappa shape index (κ3) is 3.98. The van der Waals surface area contributed by atoms with E-state index in [0.717, 1.165) is 19.6 Å². The molecule has 98 valence electrons. The number of likely N-dealkylation sites (N-methyl/N-ethyl adjacent to an activating group) is 2. The van der Waals surface area contributed by atoms with Crippen molar-refractivity contribution >= 4 is 11.9 Å². The zero-order valence-corrected chi connectivity index (χ0v) is 10.7. The highest BCUT2D eigenvalue weighted by atomic mass is 16.4. The predicted molar refractivity (Wildman–Crippen MR) is 63.8 cm³/mol. The standard InChI is InChI=1S/C11H21N3O3/c1-12(2)4-6-14-7-5-13(3)11(17)9(14)8-10(15)16/h9H,4-8H2,1-3H3,(H,15,16). The van der Waals surface area contributed by atoms with Crippen LogP contribution in [0, 0.1) is 0 Å². The van der Waals surface area contributed by atoms with Gasteiger partial charge in [-0.1, -0.05) is 0 Å². The van der Waals surface area contributed by atoms with Crippen LogP contribution in [0.2, 0.25) is 0 Å². The van der Waals surface area contributed by atoms with Gasteiger partial charge in [-0.25, -0.2) is 0 Å². The Hall–Kier alpha value is -1.14. The summed E-state index contributed by atoms with van der Waals surface area (Å²) in [5.74, 6) is -1.01. The maximum atomic E-state index is 11.9. The van der Waals surface area contributed by atoms with Gasteiger partial charge in [-0.15, -0.1) is 0 Å². The minimum absolute atomic E-state index is 0.0857. The van der Waals surface area contributed by atoms with Crippen LogP contribution in [-0.4, -0.2) is 85.0 Å². The molecule has 1 unspecified atom stereocenters. The van der Waals surface area contributed by atoms with Gasteiger partial charge in [0.05, 0.1) is 12.5 Å². The van der Waals surface area contributed by atoms with E-state index in [4.69, 9.17) is 5.11 Å². The van der Waals surface area contributed by atoms with Crippen LogP contribution in [0.15, 0.2) is 0 Å². The van der Waals surface area contributed by atoms with Gasteiger partial charge in [0.15, 0.2) is 0 Å². The van der Waals surface area contributed by atoms with Crippen LogP contribution < -0.4 is 0 Å². The highest BCUT2D eigenvalue weighted by Crippen LogP contribution is 2.13. The number of carbonyl (C=O) groups is 2. The lowest BCUT2D eigenvalue weighted by Crippen LogP contribution is -2.57. The van der Waals surface area contributed by atoms with Crippen LogP contribution in [0.5, 0.6) is 0 Å². The highest BCUT2D eigenvalue weighted by molar-refractivity contribution is 5.86. The molecule has 1 amide bonds. The Kier molecular flexibility index (Phi) is 4.89. The quantitative estimate of drug-likeness (QED) is 0.682. The molecule has 1 rings (SSSR count). The van der Waals surface area contributed by atoms with Crippen LogP contribution in [0.3, 0.4) is 0 Å². The first-order valence-corrected chi connectivity index (χ1v) is 5.77. The van der Waals surface area contributed by atoms with Gasteiger partial charge in [-0.05, 0) is 14.1 Å². The second kappa shape index (κ2) is 5.97. The first kappa shape index (κ1) is 13.9. The number of rotatable bonds is 5. The van der Waals surface area contributed by atoms with Crippen molar-refractivity contribution in [2.75, 3.05) is 47.3 Å². The van der Waals surface area contributed by atoms with Crippen molar-refractivity contribution < 1.29 is 14.7 Å². The lowest BCUT2D eigenvalue weighted by Gasteiger charge is -2.38. The van der Waals surface area contributed by atoms with Crippen molar-refractivity contribution in [1.82, 2.24) is 14.7 Å². The van der Waals surface area contributed by atoms with Gasteiger partial charge in [-0.2, -0.15) is 0 Å². The second-order valence-electron chi connectivity index (χ2n) is 4.71. The Balaban J connectivity index is 2.65. The number of nitrogens with zero attached hydrogens (tertiary/aromatic N) is 3. The number of aliphatic carboxylic acids is 1. The predicted octanol–water partition coefficient (Wildman–Crippen LogP) is -0.835. The molecule has 0 aromatic heterocycles. The molecule has 6 nitrogen and oxygen atoms in total. The molecule has 1 fully saturated rings. The summed E-state index contributed by atoms with van der Waals surface area (Å²) in [6, 6.07) is -0.508. The van der Waals surface area contributed by atoms with Crippen molar-refractivity contribution in [3.63, 3.8) is 0 Å². The smallest absolute Gasteiger partial charge is 0.305 e. The summed E-state index contributed by atoms with van der Waals surface area (Å²) in [5, 5.41) is 8.86. The van der Waals surface area contributed by atoms with Crippen molar-refractivity contribution in [3.8, 4) is 0 Å². The van der Waals surface area contributed by atoms with Gasteiger partial charge in [-0.3, -0.25) is 14.5 Å². The molecule has 0 bridgehead atoms. The van der Waals surface area contributed by atoms with E-state index in [1.54, 1.807) is 11.9 Å². The van der Waals surface area contributed by atoms with E-state index in [9.17, 15) is 9.59 Å². The van der Waals surface area contributed by atoms with Crippen LogP contribution >= 0.6 is 0 Å². The average Bonchev–Trinajstić information content (AvgIpc) is 2.23. The number of piperazine rings is 1. The lowest BCUT2D eigenvalue weighted by atomic mass is 10.1. The molecule has 0 aliphatic carbocycles. The van der Waals surface area contributed by atoms with Crippen LogP contribution in [0.1, 0.15) is 6.42 Å². The van der Waals surface area contributed by atoms with E-state index in [2.05, 4.69) is 0 Å². The van der Waals surface area contributed by atoms with Gasteiger partial charge in [0.2, 0.25) is 5.91 Å². The summed E-state index contributed by atoms with van der Waals surface area (Å²) < 4.78 is 0. The van der Waals surface area contributed by atoms with Crippen LogP contribution in [-0.2, 0) is 9.59 Å². The van der Waals surface area contributed by atoms with Gasteiger partial charge in [0.1, 0.15) is 0 Å². The molecule has 0 saturated carbocycles. The van der Waals surface area contributed by atoms with Crippen molar-refractivity contribution in [3.05, 3.63) is 0 Å². The monoisotopic (exact) mass is 243 g/mol. The lowest BCUT2D eigenvalue weighted by molar-refractivity contribution is -0.148. The summed E-state index contributed by atoms with van der Waals surface area (Å²) in [7, 11) is 5.65. The second-order valence-corrected chi connectivity index (χ2v) is 4.71. The molecule has 1 aliphatic heterocycles. The normalized spacial score (nSPS) is 22.2. The van der Waals surface area contributed by atoms with Gasteiger partial charge in [0.25, 0.3) is 0 Å². The van der Waals surface area contributed by atoms with Crippen LogP contribution in [0.25, 0.3) is 0 Å². The van der Waals surface area contributed by atoms with Gasteiger partial charge >= 0.3 is 5.97 Å². The molecule has 0 radical (unpaired) electrons. The van der Waals surface area contributed by atoms with E-state index in [0.29, 0.717) is 6.54 Å². The zero-order chi connectivity index (χ0) is 13.0. The zero-order valence-electron chi connectivity index (χ0n) is 10.7. The Morgan fingerprint density at radius 3 is 2.65 bits per heavy atom. The first-order valence-electron chi connectivity index (χ1n) is 5.77. The fourth-order valence-corrected chi connectivity index (χ4v) is 1.93. The molecular formula is C11H21N3O3. The SMILES string of the molecule is CN(C)CCN1CCN(C)C(=O)C1CC(=O)O. The molecule has 1 aliphatic rings. The summed E-state index contributed by atoms with van der Waals surface area (Å²) in [6.07, 6.45) is -0.114. The van der Waals surface area contributed by atoms with Crippen molar-refractivity contribution in [2.45, 2.75) is 12.5 Å². The molecule has 1 atom stereocenters. The molecule has 17 heavy (non-hydrogen) atoms. The molecule has 6 heteroatoms. The molecule has 0 spiro atoms. The number of carboxylic acid groups (broad SMARTS) is 1. The minimum atomic E-state index is -0.923. The average molecular weight is 243 g/mol. The topological polar surface area (TPSA) is 64.1 Å². The summed E-state index contributed by atoms with van der Waals surface area (Å²) in [6.45, 7) is 2.97. The van der Waals surface area contributed by atoms with E-state index in [1.165, 1.54) is 0 Å². The number of carboxylic acids is 1. The summed E-state index contributed by atoms with van der Waals surface area (Å²) in [4.78, 5) is 28.3.